The first-order chi connectivity index (χ1) is 9.63. The van der Waals surface area contributed by atoms with E-state index in [2.05, 4.69) is 46.1 Å². The highest BCUT2D eigenvalue weighted by Gasteiger charge is 2.13. The van der Waals surface area contributed by atoms with Crippen LogP contribution in [0.1, 0.15) is 30.6 Å². The number of para-hydroxylation sites is 1. The summed E-state index contributed by atoms with van der Waals surface area (Å²) in [5.41, 5.74) is 3.30. The first kappa shape index (κ1) is 15.1. The molecule has 0 aromatic heterocycles. The number of aliphatic hydroxyl groups is 1. The number of anilines is 1. The molecule has 0 radical (unpaired) electrons. The average molecular weight is 334 g/mol. The summed E-state index contributed by atoms with van der Waals surface area (Å²) in [6.45, 7) is 2.80. The summed E-state index contributed by atoms with van der Waals surface area (Å²) in [6.07, 6.45) is 0.313. The third-order valence-corrected chi connectivity index (χ3v) is 4.23. The van der Waals surface area contributed by atoms with Gasteiger partial charge in [-0.3, -0.25) is 0 Å². The summed E-state index contributed by atoms with van der Waals surface area (Å²) >= 11 is 3.58. The third kappa shape index (κ3) is 3.41. The van der Waals surface area contributed by atoms with Crippen molar-refractivity contribution in [1.29, 1.82) is 0 Å². The van der Waals surface area contributed by atoms with Gasteiger partial charge in [0.15, 0.2) is 0 Å². The van der Waals surface area contributed by atoms with E-state index in [1.807, 2.05) is 37.3 Å². The molecule has 1 atom stereocenters. The number of hydrogen-bond donors (Lipinski definition) is 1. The Hall–Kier alpha value is -1.32. The zero-order chi connectivity index (χ0) is 14.5. The molecule has 2 rings (SSSR count). The number of rotatable bonds is 5. The van der Waals surface area contributed by atoms with Crippen molar-refractivity contribution in [3.8, 4) is 0 Å². The van der Waals surface area contributed by atoms with Crippen molar-refractivity contribution in [3.63, 3.8) is 0 Å². The first-order valence-electron chi connectivity index (χ1n) is 6.85. The molecule has 0 aliphatic rings. The molecule has 0 amide bonds. The lowest BCUT2D eigenvalue weighted by molar-refractivity contribution is 0.174. The quantitative estimate of drug-likeness (QED) is 0.868. The molecule has 0 heterocycles. The van der Waals surface area contributed by atoms with E-state index in [1.54, 1.807) is 0 Å². The van der Waals surface area contributed by atoms with Crippen molar-refractivity contribution < 1.29 is 5.11 Å². The van der Waals surface area contributed by atoms with Gasteiger partial charge in [0.25, 0.3) is 0 Å². The molecule has 0 aliphatic heterocycles. The van der Waals surface area contributed by atoms with Crippen LogP contribution in [-0.4, -0.2) is 12.2 Å². The number of benzene rings is 2. The van der Waals surface area contributed by atoms with E-state index < -0.39 is 6.10 Å². The summed E-state index contributed by atoms with van der Waals surface area (Å²) in [6, 6.07) is 16.3. The molecule has 20 heavy (non-hydrogen) atoms. The second-order valence-corrected chi connectivity index (χ2v) is 5.78. The maximum atomic E-state index is 10.1. The second kappa shape index (κ2) is 6.91. The van der Waals surface area contributed by atoms with Gasteiger partial charge in [-0.1, -0.05) is 59.3 Å². The molecule has 1 N–H and O–H groups in total. The molecule has 0 saturated carbocycles. The minimum Gasteiger partial charge on any atom is -0.388 e. The Balaban J connectivity index is 2.26. The van der Waals surface area contributed by atoms with Gasteiger partial charge >= 0.3 is 0 Å². The van der Waals surface area contributed by atoms with Crippen LogP contribution < -0.4 is 4.90 Å². The Bertz CT molecular complexity index is 570. The molecule has 0 fully saturated rings. The highest BCUT2D eigenvalue weighted by atomic mass is 79.9. The molecule has 0 unspecified atom stereocenters. The van der Waals surface area contributed by atoms with Crippen LogP contribution in [0.3, 0.4) is 0 Å². The SMILES string of the molecule is CC[C@@H](O)c1ccccc1N(C)Cc1ccccc1Br. The topological polar surface area (TPSA) is 23.5 Å². The fourth-order valence-corrected chi connectivity index (χ4v) is 2.71. The smallest absolute Gasteiger partial charge is 0.0807 e. The zero-order valence-corrected chi connectivity index (χ0v) is 13.5. The van der Waals surface area contributed by atoms with E-state index in [4.69, 9.17) is 0 Å². The van der Waals surface area contributed by atoms with Gasteiger partial charge in [0.1, 0.15) is 0 Å². The van der Waals surface area contributed by atoms with Crippen LogP contribution in [0, 0.1) is 0 Å². The normalized spacial score (nSPS) is 12.2. The van der Waals surface area contributed by atoms with E-state index in [0.717, 1.165) is 28.7 Å². The van der Waals surface area contributed by atoms with Crippen molar-refractivity contribution >= 4 is 21.6 Å². The van der Waals surface area contributed by atoms with Gasteiger partial charge in [-0.05, 0) is 24.1 Å². The Labute approximate surface area is 129 Å². The van der Waals surface area contributed by atoms with Crippen molar-refractivity contribution in [1.82, 2.24) is 0 Å². The Morgan fingerprint density at radius 1 is 1.10 bits per heavy atom. The number of nitrogens with zero attached hydrogens (tertiary/aromatic N) is 1. The van der Waals surface area contributed by atoms with E-state index in [1.165, 1.54) is 5.56 Å². The molecule has 2 nitrogen and oxygen atoms in total. The predicted octanol–water partition coefficient (Wildman–Crippen LogP) is 4.53. The minimum absolute atomic E-state index is 0.409. The molecule has 3 heteroatoms. The molecule has 0 spiro atoms. The molecule has 0 bridgehead atoms. The van der Waals surface area contributed by atoms with Crippen LogP contribution >= 0.6 is 15.9 Å². The summed E-state index contributed by atoms with van der Waals surface area (Å²) in [5, 5.41) is 10.1. The molecule has 2 aromatic carbocycles. The van der Waals surface area contributed by atoms with Crippen molar-refractivity contribution in [3.05, 3.63) is 64.1 Å². The maximum Gasteiger partial charge on any atom is 0.0807 e. The fraction of sp³-hybridized carbons (Fsp3) is 0.294. The van der Waals surface area contributed by atoms with Gasteiger partial charge in [0.05, 0.1) is 6.10 Å². The van der Waals surface area contributed by atoms with Crippen LogP contribution in [0.5, 0.6) is 0 Å². The van der Waals surface area contributed by atoms with Crippen molar-refractivity contribution in [2.75, 3.05) is 11.9 Å². The highest BCUT2D eigenvalue weighted by Crippen LogP contribution is 2.29. The average Bonchev–Trinajstić information content (AvgIpc) is 2.48. The molecule has 2 aromatic rings. The van der Waals surface area contributed by atoms with Gasteiger partial charge in [-0.15, -0.1) is 0 Å². The van der Waals surface area contributed by atoms with E-state index >= 15 is 0 Å². The van der Waals surface area contributed by atoms with Gasteiger partial charge < -0.3 is 10.0 Å². The standard InChI is InChI=1S/C17H20BrNO/c1-3-17(20)14-9-5-7-11-16(14)19(2)12-13-8-4-6-10-15(13)18/h4-11,17,20H,3,12H2,1-2H3/t17-/m1/s1. The summed E-state index contributed by atoms with van der Waals surface area (Å²) < 4.78 is 1.11. The van der Waals surface area contributed by atoms with Crippen LogP contribution in [0.15, 0.2) is 53.0 Å². The fourth-order valence-electron chi connectivity index (χ4n) is 2.30. The second-order valence-electron chi connectivity index (χ2n) is 4.93. The first-order valence-corrected chi connectivity index (χ1v) is 7.64. The Kier molecular flexibility index (Phi) is 5.21. The number of halogens is 1. The van der Waals surface area contributed by atoms with Gasteiger partial charge in [0, 0.05) is 29.3 Å². The van der Waals surface area contributed by atoms with Gasteiger partial charge in [-0.2, -0.15) is 0 Å². The Morgan fingerprint density at radius 3 is 2.45 bits per heavy atom. The summed E-state index contributed by atoms with van der Waals surface area (Å²) in [7, 11) is 2.06. The van der Waals surface area contributed by atoms with Crippen LogP contribution in [0.25, 0.3) is 0 Å². The van der Waals surface area contributed by atoms with E-state index in [0.29, 0.717) is 0 Å². The number of aliphatic hydroxyl groups excluding tert-OH is 1. The monoisotopic (exact) mass is 333 g/mol. The zero-order valence-electron chi connectivity index (χ0n) is 11.9. The van der Waals surface area contributed by atoms with Gasteiger partial charge in [-0.25, -0.2) is 0 Å². The molecular formula is C17H20BrNO. The predicted molar refractivity (Wildman–Crippen MR) is 87.9 cm³/mol. The van der Waals surface area contributed by atoms with E-state index in [9.17, 15) is 5.11 Å². The van der Waals surface area contributed by atoms with Crippen LogP contribution in [0.4, 0.5) is 5.69 Å². The Morgan fingerprint density at radius 2 is 1.75 bits per heavy atom. The van der Waals surface area contributed by atoms with Crippen molar-refractivity contribution in [2.45, 2.75) is 26.0 Å². The highest BCUT2D eigenvalue weighted by molar-refractivity contribution is 9.10. The van der Waals surface area contributed by atoms with Gasteiger partial charge in [0.2, 0.25) is 0 Å². The lowest BCUT2D eigenvalue weighted by atomic mass is 10.0. The lowest BCUT2D eigenvalue weighted by Gasteiger charge is -2.24. The number of hydrogen-bond acceptors (Lipinski definition) is 2. The minimum atomic E-state index is -0.409. The molecule has 106 valence electrons. The van der Waals surface area contributed by atoms with Crippen LogP contribution in [0.2, 0.25) is 0 Å². The van der Waals surface area contributed by atoms with Crippen LogP contribution in [-0.2, 0) is 6.54 Å². The lowest BCUT2D eigenvalue weighted by Crippen LogP contribution is -2.19. The molecule has 0 saturated heterocycles. The molecule has 0 aliphatic carbocycles. The van der Waals surface area contributed by atoms with Crippen molar-refractivity contribution in [2.24, 2.45) is 0 Å². The van der Waals surface area contributed by atoms with E-state index in [-0.39, 0.29) is 0 Å². The molecular weight excluding hydrogens is 314 g/mol. The summed E-state index contributed by atoms with van der Waals surface area (Å²) in [4.78, 5) is 2.17. The third-order valence-electron chi connectivity index (χ3n) is 3.46. The maximum absolute atomic E-state index is 10.1. The largest absolute Gasteiger partial charge is 0.388 e. The summed E-state index contributed by atoms with van der Waals surface area (Å²) in [5.74, 6) is 0.